The molecule has 3 unspecified atom stereocenters. The van der Waals surface area contributed by atoms with Crippen molar-refractivity contribution < 1.29 is 14.6 Å². The molecule has 1 amide bonds. The maximum Gasteiger partial charge on any atom is 0.255 e. The number of thioether (sulfide) groups is 1. The number of carbonyl (C=O) groups excluding carboxylic acids is 1. The number of halogens is 1. The summed E-state index contributed by atoms with van der Waals surface area (Å²) < 4.78 is 5.92. The molecule has 0 aromatic rings. The second-order valence-electron chi connectivity index (χ2n) is 9.02. The second-order valence-corrected chi connectivity index (χ2v) is 10.5. The van der Waals surface area contributed by atoms with Crippen molar-refractivity contribution in [2.45, 2.75) is 55.3 Å². The van der Waals surface area contributed by atoms with Gasteiger partial charge in [-0.3, -0.25) is 4.79 Å². The SMILES string of the molecule is CN(C)CC1N/C(=C/NC2CC(CCl)[C@@H]3O[C@]3(C(=O)NC(C)(C)CO)C2)CS1. The first-order valence-corrected chi connectivity index (χ1v) is 11.4. The topological polar surface area (TPSA) is 89.2 Å². The molecule has 0 bridgehead atoms. The third kappa shape index (κ3) is 4.90. The molecule has 2 aliphatic heterocycles. The molecule has 3 fully saturated rings. The molecule has 3 rings (SSSR count). The van der Waals surface area contributed by atoms with Crippen molar-refractivity contribution in [1.29, 1.82) is 0 Å². The summed E-state index contributed by atoms with van der Waals surface area (Å²) in [6.07, 6.45) is 3.40. The average molecular weight is 433 g/mol. The monoisotopic (exact) mass is 432 g/mol. The third-order valence-corrected chi connectivity index (χ3v) is 7.09. The number of alkyl halides is 1. The van der Waals surface area contributed by atoms with Gasteiger partial charge in [0.25, 0.3) is 5.91 Å². The predicted molar refractivity (Wildman–Crippen MR) is 113 cm³/mol. The molecular formula is C19H33ClN4O3S. The van der Waals surface area contributed by atoms with Crippen LogP contribution in [0.25, 0.3) is 0 Å². The van der Waals surface area contributed by atoms with Gasteiger partial charge >= 0.3 is 0 Å². The number of ether oxygens (including phenoxy) is 1. The van der Waals surface area contributed by atoms with Gasteiger partial charge < -0.3 is 30.7 Å². The van der Waals surface area contributed by atoms with E-state index >= 15 is 0 Å². The van der Waals surface area contributed by atoms with Crippen LogP contribution < -0.4 is 16.0 Å². The zero-order valence-corrected chi connectivity index (χ0v) is 18.7. The molecule has 3 aliphatic rings. The first kappa shape index (κ1) is 22.0. The minimum Gasteiger partial charge on any atom is -0.394 e. The normalized spacial score (nSPS) is 36.2. The number of likely N-dealkylation sites (N-methyl/N-ethyl adjacent to an activating group) is 1. The van der Waals surface area contributed by atoms with Crippen molar-refractivity contribution in [2.24, 2.45) is 5.92 Å². The molecule has 0 radical (unpaired) electrons. The van der Waals surface area contributed by atoms with E-state index in [-0.39, 0.29) is 30.6 Å². The van der Waals surface area contributed by atoms with Crippen LogP contribution in [-0.4, -0.2) is 83.5 Å². The number of aliphatic hydroxyl groups is 1. The molecule has 9 heteroatoms. The lowest BCUT2D eigenvalue weighted by atomic mass is 9.78. The van der Waals surface area contributed by atoms with E-state index < -0.39 is 11.1 Å². The van der Waals surface area contributed by atoms with E-state index in [1.54, 1.807) is 13.8 Å². The summed E-state index contributed by atoms with van der Waals surface area (Å²) in [6, 6.07) is 0.123. The molecule has 7 nitrogen and oxygen atoms in total. The second kappa shape index (κ2) is 8.60. The van der Waals surface area contributed by atoms with Crippen LogP contribution >= 0.6 is 23.4 Å². The largest absolute Gasteiger partial charge is 0.394 e. The molecule has 0 spiro atoms. The summed E-state index contributed by atoms with van der Waals surface area (Å²) in [5.74, 6) is 1.41. The van der Waals surface area contributed by atoms with E-state index in [0.717, 1.165) is 18.7 Å². The van der Waals surface area contributed by atoms with Crippen LogP contribution in [-0.2, 0) is 9.53 Å². The Kier molecular flexibility index (Phi) is 6.76. The van der Waals surface area contributed by atoms with Crippen LogP contribution in [0, 0.1) is 5.92 Å². The number of epoxide rings is 1. The van der Waals surface area contributed by atoms with Crippen molar-refractivity contribution in [1.82, 2.24) is 20.9 Å². The van der Waals surface area contributed by atoms with Crippen molar-refractivity contribution in [3.63, 3.8) is 0 Å². The van der Waals surface area contributed by atoms with Gasteiger partial charge in [-0.2, -0.15) is 0 Å². The number of rotatable bonds is 8. The summed E-state index contributed by atoms with van der Waals surface area (Å²) in [4.78, 5) is 15.1. The summed E-state index contributed by atoms with van der Waals surface area (Å²) in [5.41, 5.74) is -0.322. The highest BCUT2D eigenvalue weighted by Gasteiger charge is 2.68. The van der Waals surface area contributed by atoms with Gasteiger partial charge in [0.1, 0.15) is 6.10 Å². The number of nitrogens with zero attached hydrogens (tertiary/aromatic N) is 1. The van der Waals surface area contributed by atoms with Gasteiger partial charge in [0.15, 0.2) is 5.60 Å². The van der Waals surface area contributed by atoms with Gasteiger partial charge in [-0.25, -0.2) is 0 Å². The molecule has 1 saturated carbocycles. The van der Waals surface area contributed by atoms with E-state index in [9.17, 15) is 9.90 Å². The lowest BCUT2D eigenvalue weighted by molar-refractivity contribution is -0.129. The van der Waals surface area contributed by atoms with Crippen LogP contribution in [0.3, 0.4) is 0 Å². The molecule has 4 N–H and O–H groups in total. The third-order valence-electron chi connectivity index (χ3n) is 5.55. The Morgan fingerprint density at radius 2 is 2.29 bits per heavy atom. The molecule has 1 aliphatic carbocycles. The van der Waals surface area contributed by atoms with Crippen molar-refractivity contribution >= 4 is 29.3 Å². The summed E-state index contributed by atoms with van der Waals surface area (Å²) >= 11 is 8.07. The number of aliphatic hydroxyl groups excluding tert-OH is 1. The standard InChI is InChI=1S/C19H33ClN4O3S/c1-18(2,11-25)23-17(26)19-6-13(5-12(7-20)16(19)27-19)21-8-14-10-28-15(22-14)9-24(3)4/h8,12-13,15-16,21-22,25H,5-7,9-11H2,1-4H3,(H,23,26)/b14-8+/t12?,13?,15?,16-,19+/m0/s1. The van der Waals surface area contributed by atoms with Gasteiger partial charge in [-0.1, -0.05) is 0 Å². The van der Waals surface area contributed by atoms with E-state index in [1.165, 1.54) is 5.70 Å². The van der Waals surface area contributed by atoms with Crippen molar-refractivity contribution in [3.8, 4) is 0 Å². The molecule has 0 aromatic heterocycles. The highest BCUT2D eigenvalue weighted by molar-refractivity contribution is 8.00. The maximum atomic E-state index is 12.9. The Hall–Kier alpha value is -0.670. The maximum absolute atomic E-state index is 12.9. The van der Waals surface area contributed by atoms with Crippen LogP contribution in [0.2, 0.25) is 0 Å². The molecule has 5 atom stereocenters. The highest BCUT2D eigenvalue weighted by Crippen LogP contribution is 2.51. The van der Waals surface area contributed by atoms with Crippen LogP contribution in [0.4, 0.5) is 0 Å². The molecule has 2 heterocycles. The van der Waals surface area contributed by atoms with Gasteiger partial charge in [0.05, 0.1) is 17.5 Å². The Morgan fingerprint density at radius 1 is 1.54 bits per heavy atom. The van der Waals surface area contributed by atoms with Gasteiger partial charge in [0.2, 0.25) is 0 Å². The van der Waals surface area contributed by atoms with Gasteiger partial charge in [-0.15, -0.1) is 23.4 Å². The average Bonchev–Trinajstić information content (AvgIpc) is 3.24. The lowest BCUT2D eigenvalue weighted by Crippen LogP contribution is -2.55. The molecule has 28 heavy (non-hydrogen) atoms. The number of nitrogens with one attached hydrogen (secondary N) is 3. The van der Waals surface area contributed by atoms with Crippen molar-refractivity contribution in [3.05, 3.63) is 11.9 Å². The fourth-order valence-electron chi connectivity index (χ4n) is 3.98. The molecule has 0 aromatic carbocycles. The fourth-order valence-corrected chi connectivity index (χ4v) is 5.46. The number of hydrogen-bond acceptors (Lipinski definition) is 7. The minimum absolute atomic E-state index is 0.121. The number of amides is 1. The summed E-state index contributed by atoms with van der Waals surface area (Å²) in [6.45, 7) is 4.46. The van der Waals surface area contributed by atoms with E-state index in [0.29, 0.717) is 17.7 Å². The van der Waals surface area contributed by atoms with Crippen LogP contribution in [0.5, 0.6) is 0 Å². The Balaban J connectivity index is 1.61. The Labute approximate surface area is 177 Å². The van der Waals surface area contributed by atoms with E-state index in [2.05, 4.69) is 34.9 Å². The van der Waals surface area contributed by atoms with E-state index in [1.807, 2.05) is 18.0 Å². The first-order chi connectivity index (χ1) is 13.2. The van der Waals surface area contributed by atoms with Gasteiger partial charge in [-0.05, 0) is 34.4 Å². The number of hydrogen-bond donors (Lipinski definition) is 4. The zero-order chi connectivity index (χ0) is 20.5. The molecule has 2 saturated heterocycles. The van der Waals surface area contributed by atoms with Crippen LogP contribution in [0.15, 0.2) is 11.9 Å². The Bertz CT molecular complexity index is 618. The minimum atomic E-state index is -0.828. The van der Waals surface area contributed by atoms with Crippen molar-refractivity contribution in [2.75, 3.05) is 38.9 Å². The van der Waals surface area contributed by atoms with Crippen LogP contribution in [0.1, 0.15) is 26.7 Å². The predicted octanol–water partition coefficient (Wildman–Crippen LogP) is 0.684. The first-order valence-electron chi connectivity index (χ1n) is 9.84. The smallest absolute Gasteiger partial charge is 0.255 e. The molecular weight excluding hydrogens is 400 g/mol. The van der Waals surface area contributed by atoms with E-state index in [4.69, 9.17) is 16.3 Å². The quantitative estimate of drug-likeness (QED) is 0.331. The number of fused-ring (bicyclic) bond motifs is 1. The fraction of sp³-hybridized carbons (Fsp3) is 0.842. The van der Waals surface area contributed by atoms with Gasteiger partial charge in [0, 0.05) is 48.5 Å². The lowest BCUT2D eigenvalue weighted by Gasteiger charge is -2.32. The highest BCUT2D eigenvalue weighted by atomic mass is 35.5. The Morgan fingerprint density at radius 3 is 2.93 bits per heavy atom. The number of carbonyl (C=O) groups is 1. The molecule has 160 valence electrons. The summed E-state index contributed by atoms with van der Waals surface area (Å²) in [7, 11) is 4.15. The summed E-state index contributed by atoms with van der Waals surface area (Å²) in [5, 5.41) is 19.8. The zero-order valence-electron chi connectivity index (χ0n) is 17.1.